The van der Waals surface area contributed by atoms with E-state index >= 15 is 0 Å². The van der Waals surface area contributed by atoms with Crippen LogP contribution in [0.15, 0.2) is 0 Å². The number of rotatable bonds is 5. The molecule has 0 aromatic rings. The molecule has 0 aliphatic heterocycles. The molecule has 2 rings (SSSR count). The minimum atomic E-state index is -4.39. The highest BCUT2D eigenvalue weighted by molar-refractivity contribution is 5.79. The second-order valence-electron chi connectivity index (χ2n) is 6.52. The van der Waals surface area contributed by atoms with Gasteiger partial charge in [-0.2, -0.15) is 13.2 Å². The summed E-state index contributed by atoms with van der Waals surface area (Å²) in [5, 5.41) is 8.94. The topological polar surface area (TPSA) is 57.6 Å². The lowest BCUT2D eigenvalue weighted by Gasteiger charge is -2.36. The van der Waals surface area contributed by atoms with Gasteiger partial charge in [0, 0.05) is 12.5 Å². The number of carbonyl (C=O) groups excluding carboxylic acids is 1. The van der Waals surface area contributed by atoms with Gasteiger partial charge in [0.15, 0.2) is 0 Å². The summed E-state index contributed by atoms with van der Waals surface area (Å²) in [5.74, 6) is -2.08. The third kappa shape index (κ3) is 4.61. The predicted octanol–water partition coefficient (Wildman–Crippen LogP) is 3.07. The summed E-state index contributed by atoms with van der Waals surface area (Å²) < 4.78 is 38.1. The predicted molar refractivity (Wildman–Crippen MR) is 73.1 cm³/mol. The van der Waals surface area contributed by atoms with Crippen LogP contribution in [0.1, 0.15) is 44.9 Å². The summed E-state index contributed by atoms with van der Waals surface area (Å²) in [5.41, 5.74) is 0. The normalized spacial score (nSPS) is 26.3. The highest BCUT2D eigenvalue weighted by atomic mass is 19.4. The first kappa shape index (κ1) is 17.1. The molecule has 0 radical (unpaired) electrons. The zero-order valence-corrected chi connectivity index (χ0v) is 12.4. The Hall–Kier alpha value is -1.27. The smallest absolute Gasteiger partial charge is 0.406 e. The number of amides is 1. The number of hydrogen-bond acceptors (Lipinski definition) is 2. The Morgan fingerprint density at radius 2 is 1.55 bits per heavy atom. The number of hydrogen-bond donors (Lipinski definition) is 1. The van der Waals surface area contributed by atoms with Crippen LogP contribution in [0.4, 0.5) is 13.2 Å². The van der Waals surface area contributed by atoms with Crippen molar-refractivity contribution in [3.05, 3.63) is 0 Å². The summed E-state index contributed by atoms with van der Waals surface area (Å²) in [6.45, 7) is -1.02. The maximum absolute atomic E-state index is 12.7. The van der Waals surface area contributed by atoms with Crippen LogP contribution in [-0.4, -0.2) is 41.1 Å². The highest BCUT2D eigenvalue weighted by Gasteiger charge is 2.38. The molecule has 2 aliphatic rings. The zero-order chi connectivity index (χ0) is 16.3. The second kappa shape index (κ2) is 6.87. The molecule has 0 bridgehead atoms. The molecular weight excluding hydrogens is 299 g/mol. The molecule has 0 aromatic carbocycles. The van der Waals surface area contributed by atoms with Crippen LogP contribution in [0.2, 0.25) is 0 Å². The van der Waals surface area contributed by atoms with Gasteiger partial charge in [-0.3, -0.25) is 9.59 Å². The fourth-order valence-electron chi connectivity index (χ4n) is 3.28. The number of aliphatic carboxylic acids is 1. The molecule has 2 fully saturated rings. The number of carboxylic acids is 1. The van der Waals surface area contributed by atoms with Gasteiger partial charge in [0.1, 0.15) is 6.54 Å². The first-order chi connectivity index (χ1) is 10.3. The Morgan fingerprint density at radius 1 is 1.00 bits per heavy atom. The number of carbonyl (C=O) groups is 2. The molecule has 4 nitrogen and oxygen atoms in total. The van der Waals surface area contributed by atoms with Crippen LogP contribution in [0, 0.1) is 17.8 Å². The Morgan fingerprint density at radius 3 is 1.95 bits per heavy atom. The minimum Gasteiger partial charge on any atom is -0.481 e. The Labute approximate surface area is 127 Å². The van der Waals surface area contributed by atoms with E-state index in [2.05, 4.69) is 0 Å². The van der Waals surface area contributed by atoms with Gasteiger partial charge in [-0.05, 0) is 44.4 Å². The molecule has 1 N–H and O–H groups in total. The lowest BCUT2D eigenvalue weighted by atomic mass is 9.80. The monoisotopic (exact) mass is 321 g/mol. The number of carboxylic acid groups (broad SMARTS) is 1. The van der Waals surface area contributed by atoms with Gasteiger partial charge in [-0.15, -0.1) is 0 Å². The van der Waals surface area contributed by atoms with E-state index in [1.54, 1.807) is 0 Å². The fourth-order valence-corrected chi connectivity index (χ4v) is 3.28. The molecule has 1 amide bonds. The van der Waals surface area contributed by atoms with E-state index in [-0.39, 0.29) is 12.5 Å². The third-order valence-corrected chi connectivity index (χ3v) is 4.81. The first-order valence-electron chi connectivity index (χ1n) is 7.84. The van der Waals surface area contributed by atoms with Crippen molar-refractivity contribution in [3.8, 4) is 0 Å². The molecule has 7 heteroatoms. The largest absolute Gasteiger partial charge is 0.481 e. The van der Waals surface area contributed by atoms with Crippen LogP contribution in [0.25, 0.3) is 0 Å². The van der Waals surface area contributed by atoms with Gasteiger partial charge < -0.3 is 10.0 Å². The van der Waals surface area contributed by atoms with Gasteiger partial charge in [0.2, 0.25) is 5.91 Å². The summed E-state index contributed by atoms with van der Waals surface area (Å²) in [6.07, 6.45) is -0.130. The number of halogens is 3. The average molecular weight is 321 g/mol. The molecule has 22 heavy (non-hydrogen) atoms. The zero-order valence-electron chi connectivity index (χ0n) is 12.4. The van der Waals surface area contributed by atoms with E-state index in [4.69, 9.17) is 5.11 Å². The lowest BCUT2D eigenvalue weighted by molar-refractivity contribution is -0.166. The molecule has 0 spiro atoms. The standard InChI is InChI=1S/C15H22F3NO3/c16-15(17,18)9-19(8-10-2-1-3-10)13(20)11-4-6-12(7-5-11)14(21)22/h10-12H,1-9H2,(H,21,22). The summed E-state index contributed by atoms with van der Waals surface area (Å²) >= 11 is 0. The van der Waals surface area contributed by atoms with E-state index in [0.717, 1.165) is 24.2 Å². The van der Waals surface area contributed by atoms with Gasteiger partial charge in [0.05, 0.1) is 5.92 Å². The van der Waals surface area contributed by atoms with Gasteiger partial charge in [-0.25, -0.2) is 0 Å². The van der Waals surface area contributed by atoms with E-state index < -0.39 is 36.4 Å². The third-order valence-electron chi connectivity index (χ3n) is 4.81. The first-order valence-corrected chi connectivity index (χ1v) is 7.84. The molecule has 2 aliphatic carbocycles. The Balaban J connectivity index is 1.94. The maximum atomic E-state index is 12.7. The molecule has 0 heterocycles. The van der Waals surface area contributed by atoms with E-state index in [0.29, 0.717) is 25.7 Å². The average Bonchev–Trinajstić information content (AvgIpc) is 2.39. The summed E-state index contributed by atoms with van der Waals surface area (Å²) in [4.78, 5) is 24.3. The minimum absolute atomic E-state index is 0.178. The lowest BCUT2D eigenvalue weighted by Crippen LogP contribution is -2.46. The van der Waals surface area contributed by atoms with Gasteiger partial charge in [0.25, 0.3) is 0 Å². The van der Waals surface area contributed by atoms with Gasteiger partial charge in [-0.1, -0.05) is 6.42 Å². The van der Waals surface area contributed by atoms with Crippen molar-refractivity contribution >= 4 is 11.9 Å². The highest BCUT2D eigenvalue weighted by Crippen LogP contribution is 2.33. The van der Waals surface area contributed by atoms with Crippen molar-refractivity contribution in [3.63, 3.8) is 0 Å². The molecule has 0 saturated heterocycles. The quantitative estimate of drug-likeness (QED) is 0.846. The van der Waals surface area contributed by atoms with Crippen LogP contribution >= 0.6 is 0 Å². The van der Waals surface area contributed by atoms with Crippen LogP contribution < -0.4 is 0 Å². The fraction of sp³-hybridized carbons (Fsp3) is 0.867. The molecule has 2 saturated carbocycles. The maximum Gasteiger partial charge on any atom is 0.406 e. The van der Waals surface area contributed by atoms with E-state index in [9.17, 15) is 22.8 Å². The Bertz CT molecular complexity index is 413. The van der Waals surface area contributed by atoms with Crippen molar-refractivity contribution < 1.29 is 27.9 Å². The van der Waals surface area contributed by atoms with Crippen molar-refractivity contribution in [1.82, 2.24) is 4.90 Å². The van der Waals surface area contributed by atoms with Crippen molar-refractivity contribution in [1.29, 1.82) is 0 Å². The van der Waals surface area contributed by atoms with E-state index in [1.165, 1.54) is 0 Å². The van der Waals surface area contributed by atoms with Crippen LogP contribution in [-0.2, 0) is 9.59 Å². The van der Waals surface area contributed by atoms with Crippen molar-refractivity contribution in [2.75, 3.05) is 13.1 Å². The number of alkyl halides is 3. The second-order valence-corrected chi connectivity index (χ2v) is 6.52. The van der Waals surface area contributed by atoms with Crippen LogP contribution in [0.3, 0.4) is 0 Å². The summed E-state index contributed by atoms with van der Waals surface area (Å²) in [7, 11) is 0. The van der Waals surface area contributed by atoms with Crippen molar-refractivity contribution in [2.45, 2.75) is 51.1 Å². The molecular formula is C15H22F3NO3. The van der Waals surface area contributed by atoms with Gasteiger partial charge >= 0.3 is 12.1 Å². The van der Waals surface area contributed by atoms with Crippen LogP contribution in [0.5, 0.6) is 0 Å². The van der Waals surface area contributed by atoms with Crippen molar-refractivity contribution in [2.24, 2.45) is 17.8 Å². The SMILES string of the molecule is O=C(O)C1CCC(C(=O)N(CC2CCC2)CC(F)(F)F)CC1. The van der Waals surface area contributed by atoms with E-state index in [1.807, 2.05) is 0 Å². The Kier molecular flexibility index (Phi) is 5.34. The number of nitrogens with zero attached hydrogens (tertiary/aromatic N) is 1. The summed E-state index contributed by atoms with van der Waals surface area (Å²) in [6, 6.07) is 0. The molecule has 126 valence electrons. The molecule has 0 aromatic heterocycles. The molecule has 0 atom stereocenters. The molecule has 0 unspecified atom stereocenters.